The zero-order chi connectivity index (χ0) is 24.1. The van der Waals surface area contributed by atoms with Gasteiger partial charge in [0, 0.05) is 23.5 Å². The van der Waals surface area contributed by atoms with E-state index in [1.54, 1.807) is 30.3 Å². The molecule has 0 saturated heterocycles. The Morgan fingerprint density at radius 3 is 2.12 bits per heavy atom. The summed E-state index contributed by atoms with van der Waals surface area (Å²) in [5.74, 6) is -0.508. The summed E-state index contributed by atoms with van der Waals surface area (Å²) in [6.45, 7) is 0. The first kappa shape index (κ1) is 24.3. The van der Waals surface area contributed by atoms with Gasteiger partial charge in [-0.3, -0.25) is 14.4 Å². The van der Waals surface area contributed by atoms with E-state index >= 15 is 0 Å². The number of Topliss-reactive ketones (excluding diaryl/α,β-unsaturated/α-hetero) is 1. The van der Waals surface area contributed by atoms with Gasteiger partial charge in [0.25, 0.3) is 11.8 Å². The fraction of sp³-hybridized carbons (Fsp3) is 0.0435. The molecule has 2 amide bonds. The Hall–Kier alpha value is -1.37. The lowest BCUT2D eigenvalue weighted by atomic mass is 10.1. The second-order valence-corrected chi connectivity index (χ2v) is 12.6. The standard InChI is InChI=1S/C23H10Br4N2O3S2/c24-17-15-16(18(25)20(27)19(17)26)22(32)29(21(15)31)11-6-7-12-14(8-11)34-23(28-12)33-9-13(30)10-4-2-1-3-5-10/h1-8H,9H2. The highest BCUT2D eigenvalue weighted by Gasteiger charge is 2.42. The second-order valence-electron chi connectivity index (χ2n) is 7.16. The third kappa shape index (κ3) is 4.14. The quantitative estimate of drug-likeness (QED) is 0.0679. The summed E-state index contributed by atoms with van der Waals surface area (Å²) in [6.07, 6.45) is 0. The van der Waals surface area contributed by atoms with Crippen molar-refractivity contribution < 1.29 is 14.4 Å². The number of fused-ring (bicyclic) bond motifs is 2. The number of carbonyl (C=O) groups is 3. The van der Waals surface area contributed by atoms with Crippen LogP contribution in [-0.4, -0.2) is 28.3 Å². The molecule has 0 saturated carbocycles. The summed E-state index contributed by atoms with van der Waals surface area (Å²) in [7, 11) is 0. The zero-order valence-corrected chi connectivity index (χ0v) is 24.8. The van der Waals surface area contributed by atoms with E-state index in [4.69, 9.17) is 0 Å². The minimum absolute atomic E-state index is 0.0324. The van der Waals surface area contributed by atoms with Crippen LogP contribution in [0.15, 0.2) is 70.8 Å². The normalized spacial score (nSPS) is 13.1. The van der Waals surface area contributed by atoms with Gasteiger partial charge in [-0.15, -0.1) is 11.3 Å². The van der Waals surface area contributed by atoms with Crippen LogP contribution in [0.3, 0.4) is 0 Å². The topological polar surface area (TPSA) is 67.3 Å². The van der Waals surface area contributed by atoms with Crippen molar-refractivity contribution in [3.05, 3.63) is 83.1 Å². The summed E-state index contributed by atoms with van der Waals surface area (Å²) < 4.78 is 3.89. The Morgan fingerprint density at radius 1 is 0.882 bits per heavy atom. The molecule has 170 valence electrons. The summed E-state index contributed by atoms with van der Waals surface area (Å²) in [4.78, 5) is 44.7. The predicted molar refractivity (Wildman–Crippen MR) is 149 cm³/mol. The van der Waals surface area contributed by atoms with E-state index in [9.17, 15) is 14.4 Å². The average Bonchev–Trinajstić information content (AvgIpc) is 3.37. The van der Waals surface area contributed by atoms with Crippen LogP contribution >= 0.6 is 86.8 Å². The Balaban J connectivity index is 1.43. The third-order valence-electron chi connectivity index (χ3n) is 5.13. The number of ketones is 1. The van der Waals surface area contributed by atoms with Gasteiger partial charge in [-0.25, -0.2) is 9.88 Å². The molecule has 2 heterocycles. The molecule has 5 rings (SSSR count). The number of imide groups is 1. The Morgan fingerprint density at radius 2 is 1.50 bits per heavy atom. The van der Waals surface area contributed by atoms with Crippen LogP contribution in [0, 0.1) is 0 Å². The van der Waals surface area contributed by atoms with Crippen LogP contribution in [0.25, 0.3) is 10.2 Å². The summed E-state index contributed by atoms with van der Waals surface area (Å²) >= 11 is 16.6. The van der Waals surface area contributed by atoms with E-state index in [1.165, 1.54) is 28.0 Å². The van der Waals surface area contributed by atoms with Crippen molar-refractivity contribution in [2.45, 2.75) is 4.34 Å². The first-order valence-corrected chi connectivity index (χ1v) is 14.6. The van der Waals surface area contributed by atoms with E-state index in [-0.39, 0.29) is 11.5 Å². The SMILES string of the molecule is O=C(CSc1nc2ccc(N3C(=O)c4c(Br)c(Br)c(Br)c(Br)c4C3=O)cc2s1)c1ccccc1. The number of carbonyl (C=O) groups excluding carboxylic acids is 3. The number of hydrogen-bond donors (Lipinski definition) is 0. The minimum atomic E-state index is -0.410. The van der Waals surface area contributed by atoms with E-state index in [0.717, 1.165) is 14.6 Å². The molecule has 5 nitrogen and oxygen atoms in total. The van der Waals surface area contributed by atoms with Crippen LogP contribution < -0.4 is 4.90 Å². The molecule has 0 aliphatic carbocycles. The number of thioether (sulfide) groups is 1. The molecule has 0 N–H and O–H groups in total. The Kier molecular flexibility index (Phi) is 6.86. The second kappa shape index (κ2) is 9.59. The highest BCUT2D eigenvalue weighted by molar-refractivity contribution is 9.15. The Bertz CT molecular complexity index is 1480. The van der Waals surface area contributed by atoms with Gasteiger partial charge in [0.15, 0.2) is 10.1 Å². The van der Waals surface area contributed by atoms with Crippen LogP contribution in [0.1, 0.15) is 31.1 Å². The highest BCUT2D eigenvalue weighted by Crippen LogP contribution is 2.46. The number of nitrogens with zero attached hydrogens (tertiary/aromatic N) is 2. The molecule has 0 bridgehead atoms. The number of aromatic nitrogens is 1. The number of thiazole rings is 1. The maximum Gasteiger partial charge on any atom is 0.267 e. The van der Waals surface area contributed by atoms with Crippen molar-refractivity contribution in [1.82, 2.24) is 4.98 Å². The molecule has 1 aromatic heterocycles. The molecule has 1 aliphatic rings. The largest absolute Gasteiger partial charge is 0.293 e. The molecule has 4 aromatic rings. The van der Waals surface area contributed by atoms with E-state index in [1.807, 2.05) is 18.2 Å². The number of benzene rings is 3. The van der Waals surface area contributed by atoms with Gasteiger partial charge in [-0.05, 0) is 81.9 Å². The lowest BCUT2D eigenvalue weighted by Crippen LogP contribution is -2.29. The molecule has 1 aliphatic heterocycles. The van der Waals surface area contributed by atoms with Gasteiger partial charge < -0.3 is 0 Å². The van der Waals surface area contributed by atoms with Gasteiger partial charge >= 0.3 is 0 Å². The van der Waals surface area contributed by atoms with Gasteiger partial charge in [0.1, 0.15) is 0 Å². The monoisotopic (exact) mass is 742 g/mol. The molecular formula is C23H10Br4N2O3S2. The molecule has 0 atom stereocenters. The molecule has 0 fully saturated rings. The van der Waals surface area contributed by atoms with Crippen molar-refractivity contribution in [3.8, 4) is 0 Å². The van der Waals surface area contributed by atoms with Gasteiger partial charge in [0.2, 0.25) is 0 Å². The van der Waals surface area contributed by atoms with Crippen LogP contribution in [-0.2, 0) is 0 Å². The van der Waals surface area contributed by atoms with Crippen molar-refractivity contribution >= 4 is 120 Å². The zero-order valence-electron chi connectivity index (χ0n) is 16.8. The Labute approximate surface area is 235 Å². The highest BCUT2D eigenvalue weighted by atomic mass is 79.9. The summed E-state index contributed by atoms with van der Waals surface area (Å²) in [5.41, 5.74) is 2.47. The molecule has 34 heavy (non-hydrogen) atoms. The minimum Gasteiger partial charge on any atom is -0.293 e. The van der Waals surface area contributed by atoms with Crippen LogP contribution in [0.4, 0.5) is 5.69 Å². The van der Waals surface area contributed by atoms with Crippen molar-refractivity contribution in [1.29, 1.82) is 0 Å². The number of amides is 2. The van der Waals surface area contributed by atoms with Gasteiger partial charge in [-0.2, -0.15) is 0 Å². The molecule has 11 heteroatoms. The number of rotatable bonds is 5. The van der Waals surface area contributed by atoms with E-state index < -0.39 is 11.8 Å². The van der Waals surface area contributed by atoms with E-state index in [0.29, 0.717) is 40.3 Å². The summed E-state index contributed by atoms with van der Waals surface area (Å²) in [6, 6.07) is 14.4. The first-order valence-electron chi connectivity index (χ1n) is 9.64. The predicted octanol–water partition coefficient (Wildman–Crippen LogP) is 8.12. The smallest absolute Gasteiger partial charge is 0.267 e. The third-order valence-corrected chi connectivity index (χ3v) is 12.1. The lowest BCUT2D eigenvalue weighted by Gasteiger charge is -2.13. The first-order chi connectivity index (χ1) is 16.3. The number of anilines is 1. The molecular weight excluding hydrogens is 736 g/mol. The van der Waals surface area contributed by atoms with Crippen LogP contribution in [0.5, 0.6) is 0 Å². The van der Waals surface area contributed by atoms with Gasteiger partial charge in [-0.1, -0.05) is 42.1 Å². The number of hydrogen-bond acceptors (Lipinski definition) is 6. The fourth-order valence-corrected chi connectivity index (χ4v) is 7.96. The maximum absolute atomic E-state index is 13.3. The maximum atomic E-state index is 13.3. The van der Waals surface area contributed by atoms with Crippen molar-refractivity contribution in [2.24, 2.45) is 0 Å². The molecule has 0 unspecified atom stereocenters. The molecule has 0 radical (unpaired) electrons. The lowest BCUT2D eigenvalue weighted by molar-refractivity contribution is 0.0924. The number of halogens is 4. The van der Waals surface area contributed by atoms with Crippen molar-refractivity contribution in [3.63, 3.8) is 0 Å². The van der Waals surface area contributed by atoms with Crippen LogP contribution in [0.2, 0.25) is 0 Å². The van der Waals surface area contributed by atoms with E-state index in [2.05, 4.69) is 68.7 Å². The average molecular weight is 746 g/mol. The molecule has 3 aromatic carbocycles. The fourth-order valence-electron chi connectivity index (χ4n) is 3.51. The van der Waals surface area contributed by atoms with Gasteiger partial charge in [0.05, 0.1) is 32.8 Å². The van der Waals surface area contributed by atoms with Crippen molar-refractivity contribution in [2.75, 3.05) is 10.7 Å². The summed E-state index contributed by atoms with van der Waals surface area (Å²) in [5, 5.41) is 0. The molecule has 0 spiro atoms.